The molecule has 35 heavy (non-hydrogen) atoms. The van der Waals surface area contributed by atoms with Crippen molar-refractivity contribution in [2.45, 2.75) is 0 Å². The first kappa shape index (κ1) is 16.1. The maximum absolute atomic E-state index is 2.65. The highest BCUT2D eigenvalue weighted by Gasteiger charge is 2.29. The minimum Gasteiger partial charge on any atom is -0.307 e. The molecule has 0 aliphatic carbocycles. The summed E-state index contributed by atoms with van der Waals surface area (Å²) in [4.78, 5) is 0. The summed E-state index contributed by atoms with van der Waals surface area (Å²) in [5.74, 6) is 0. The van der Waals surface area contributed by atoms with Gasteiger partial charge in [-0.05, 0) is 43.1 Å². The molecular weight excluding hydrogens is 422 g/mol. The average molecular weight is 438 g/mol. The fourth-order valence-corrected chi connectivity index (χ4v) is 8.03. The van der Waals surface area contributed by atoms with E-state index < -0.39 is 0 Å². The van der Waals surface area contributed by atoms with E-state index in [1.54, 1.807) is 0 Å². The van der Waals surface area contributed by atoms with E-state index in [1.165, 1.54) is 103 Å². The fraction of sp³-hybridized carbons (Fsp3) is 0. The van der Waals surface area contributed by atoms with Crippen LogP contribution < -0.4 is 0 Å². The maximum Gasteiger partial charge on any atom is 0.0633 e. The van der Waals surface area contributed by atoms with Crippen LogP contribution in [0.2, 0.25) is 0 Å². The van der Waals surface area contributed by atoms with Gasteiger partial charge in [-0.15, -0.1) is 0 Å². The first-order chi connectivity index (χ1) is 17.4. The summed E-state index contributed by atoms with van der Waals surface area (Å²) < 4.78 is 2.65. The molecular formula is C34H15N. The number of nitrogens with zero attached hydrogens (tertiary/aromatic N) is 1. The van der Waals surface area contributed by atoms with Gasteiger partial charge in [0.1, 0.15) is 0 Å². The predicted octanol–water partition coefficient (Wildman–Crippen LogP) is 9.51. The van der Waals surface area contributed by atoms with Gasteiger partial charge in [-0.1, -0.05) is 91.0 Å². The Hall–Kier alpha value is -4.62. The first-order valence-corrected chi connectivity index (χ1v) is 12.4. The van der Waals surface area contributed by atoms with Gasteiger partial charge in [0.2, 0.25) is 0 Å². The molecule has 0 N–H and O–H groups in total. The summed E-state index contributed by atoms with van der Waals surface area (Å²) >= 11 is 0. The highest BCUT2D eigenvalue weighted by atomic mass is 14.9. The van der Waals surface area contributed by atoms with Crippen molar-refractivity contribution in [3.8, 4) is 0 Å². The number of rotatable bonds is 0. The Balaban J connectivity index is 1.79. The van der Waals surface area contributed by atoms with Gasteiger partial charge in [0.05, 0.1) is 16.6 Å². The van der Waals surface area contributed by atoms with E-state index in [1.807, 2.05) is 0 Å². The van der Waals surface area contributed by atoms with Gasteiger partial charge in [-0.25, -0.2) is 0 Å². The molecule has 0 saturated heterocycles. The van der Waals surface area contributed by atoms with E-state index in [0.717, 1.165) is 0 Å². The lowest BCUT2D eigenvalue weighted by Gasteiger charge is -2.18. The summed E-state index contributed by atoms with van der Waals surface area (Å²) in [6.07, 6.45) is 0. The standard InChI is InChI=1S/C34H15N/c1-6-16-17-7-2-9-19-21-11-4-13-23-25-15-5-14-24-22-12-3-10-20-18(8-1)26(16)30-31(27(17)19)34(29(21)23)35(32(24)25)33(30)28(20)22/h1-15H. The van der Waals surface area contributed by atoms with E-state index in [0.29, 0.717) is 0 Å². The summed E-state index contributed by atoms with van der Waals surface area (Å²) in [6.45, 7) is 0. The van der Waals surface area contributed by atoms with Crippen LogP contribution in [0.3, 0.4) is 0 Å². The van der Waals surface area contributed by atoms with E-state index in [-0.39, 0.29) is 0 Å². The molecule has 1 heteroatoms. The Morgan fingerprint density at radius 1 is 0.257 bits per heavy atom. The maximum atomic E-state index is 2.65. The van der Waals surface area contributed by atoms with E-state index in [2.05, 4.69) is 95.4 Å². The van der Waals surface area contributed by atoms with Crippen molar-refractivity contribution in [2.75, 3.05) is 0 Å². The first-order valence-electron chi connectivity index (χ1n) is 12.4. The molecule has 0 saturated carbocycles. The van der Waals surface area contributed by atoms with Gasteiger partial charge in [0.15, 0.2) is 0 Å². The van der Waals surface area contributed by atoms with Crippen LogP contribution >= 0.6 is 0 Å². The highest BCUT2D eigenvalue weighted by Crippen LogP contribution is 2.55. The minimum atomic E-state index is 1.35. The number of hydrogen-bond acceptors (Lipinski definition) is 0. The van der Waals surface area contributed by atoms with Crippen molar-refractivity contribution in [2.24, 2.45) is 0 Å². The minimum absolute atomic E-state index is 1.35. The Morgan fingerprint density at radius 2 is 0.543 bits per heavy atom. The zero-order chi connectivity index (χ0) is 22.2. The van der Waals surface area contributed by atoms with Gasteiger partial charge < -0.3 is 4.40 Å². The molecule has 0 fully saturated rings. The number of benzene rings is 8. The molecule has 156 valence electrons. The van der Waals surface area contributed by atoms with Crippen LogP contribution in [0.4, 0.5) is 0 Å². The molecule has 0 aliphatic rings. The topological polar surface area (TPSA) is 4.41 Å². The van der Waals surface area contributed by atoms with Gasteiger partial charge in [0, 0.05) is 43.1 Å². The molecule has 0 aliphatic heterocycles. The number of aromatic nitrogens is 1. The van der Waals surface area contributed by atoms with Gasteiger partial charge in [-0.2, -0.15) is 0 Å². The third-order valence-corrected chi connectivity index (χ3v) is 9.11. The molecule has 3 aromatic heterocycles. The fourth-order valence-electron chi connectivity index (χ4n) is 8.03. The number of fused-ring (bicyclic) bond motifs is 5. The SMILES string of the molecule is c1cc2c3cccc4c5cccc6c7cccc8c9cccc%10c(c1)c2c1c(c34)c(c56)n(c87)c1c%109. The second-order valence-corrected chi connectivity index (χ2v) is 10.4. The summed E-state index contributed by atoms with van der Waals surface area (Å²) in [5.41, 5.74) is 4.18. The lowest BCUT2D eigenvalue weighted by atomic mass is 9.85. The number of para-hydroxylation sites is 1. The number of hydrogen-bond donors (Lipinski definition) is 0. The Kier molecular flexibility index (Phi) is 2.20. The molecule has 3 heterocycles. The van der Waals surface area contributed by atoms with Gasteiger partial charge in [0.25, 0.3) is 0 Å². The molecule has 0 bridgehead atoms. The van der Waals surface area contributed by atoms with E-state index >= 15 is 0 Å². The molecule has 0 amide bonds. The van der Waals surface area contributed by atoms with Crippen molar-refractivity contribution in [3.63, 3.8) is 0 Å². The lowest BCUT2D eigenvalue weighted by molar-refractivity contribution is 1.37. The van der Waals surface area contributed by atoms with Crippen LogP contribution in [0.5, 0.6) is 0 Å². The van der Waals surface area contributed by atoms with Crippen molar-refractivity contribution in [1.82, 2.24) is 4.40 Å². The number of pyridine rings is 2. The normalized spacial score (nSPS) is 13.7. The molecule has 0 unspecified atom stereocenters. The van der Waals surface area contributed by atoms with Crippen molar-refractivity contribution in [3.05, 3.63) is 91.0 Å². The summed E-state index contributed by atoms with van der Waals surface area (Å²) in [7, 11) is 0. The second-order valence-electron chi connectivity index (χ2n) is 10.4. The molecule has 8 aromatic carbocycles. The van der Waals surface area contributed by atoms with Crippen LogP contribution in [0.15, 0.2) is 91.0 Å². The van der Waals surface area contributed by atoms with Crippen molar-refractivity contribution >= 4 is 103 Å². The largest absolute Gasteiger partial charge is 0.307 e. The smallest absolute Gasteiger partial charge is 0.0633 e. The van der Waals surface area contributed by atoms with Gasteiger partial charge in [-0.3, -0.25) is 0 Å². The van der Waals surface area contributed by atoms with Crippen molar-refractivity contribution in [1.29, 1.82) is 0 Å². The third-order valence-electron chi connectivity index (χ3n) is 9.11. The molecule has 1 nitrogen and oxygen atoms in total. The average Bonchev–Trinajstić information content (AvgIpc) is 3.29. The molecule has 0 radical (unpaired) electrons. The van der Waals surface area contributed by atoms with Crippen LogP contribution in [0.25, 0.3) is 103 Å². The third kappa shape index (κ3) is 1.40. The van der Waals surface area contributed by atoms with Crippen LogP contribution in [0, 0.1) is 0 Å². The van der Waals surface area contributed by atoms with Crippen LogP contribution in [0.1, 0.15) is 0 Å². The Bertz CT molecular complexity index is 2050. The van der Waals surface area contributed by atoms with Crippen LogP contribution in [-0.4, -0.2) is 4.40 Å². The summed E-state index contributed by atoms with van der Waals surface area (Å²) in [6, 6.07) is 34.6. The monoisotopic (exact) mass is 437 g/mol. The summed E-state index contributed by atoms with van der Waals surface area (Å²) in [5, 5.41) is 22.3. The molecule has 0 atom stereocenters. The molecule has 0 spiro atoms. The predicted molar refractivity (Wildman–Crippen MR) is 151 cm³/mol. The molecule has 11 rings (SSSR count). The van der Waals surface area contributed by atoms with Crippen molar-refractivity contribution < 1.29 is 0 Å². The Labute approximate surface area is 198 Å². The van der Waals surface area contributed by atoms with E-state index in [4.69, 9.17) is 0 Å². The van der Waals surface area contributed by atoms with Crippen LogP contribution in [-0.2, 0) is 0 Å². The molecule has 11 aromatic rings. The van der Waals surface area contributed by atoms with Gasteiger partial charge >= 0.3 is 0 Å². The zero-order valence-electron chi connectivity index (χ0n) is 18.6. The zero-order valence-corrected chi connectivity index (χ0v) is 18.6. The second kappa shape index (κ2) is 4.78. The lowest BCUT2D eigenvalue weighted by Crippen LogP contribution is -1.97. The quantitative estimate of drug-likeness (QED) is 0.164. The Morgan fingerprint density at radius 3 is 0.914 bits per heavy atom. The highest BCUT2D eigenvalue weighted by molar-refractivity contribution is 6.52. The van der Waals surface area contributed by atoms with E-state index in [9.17, 15) is 0 Å².